The molecule has 2 N–H and O–H groups in total. The highest BCUT2D eigenvalue weighted by molar-refractivity contribution is 7.90. The van der Waals surface area contributed by atoms with E-state index >= 15 is 0 Å². The molecule has 0 bridgehead atoms. The van der Waals surface area contributed by atoms with Gasteiger partial charge in [0.2, 0.25) is 10.0 Å². The molecule has 0 aliphatic rings. The minimum absolute atomic E-state index is 0.0247. The fourth-order valence-corrected chi connectivity index (χ4v) is 2.00. The maximum Gasteiger partial charge on any atom is 0.322 e. The molecule has 15 heavy (non-hydrogen) atoms. The molecule has 90 valence electrons. The van der Waals surface area contributed by atoms with Gasteiger partial charge in [-0.3, -0.25) is 4.79 Å². The van der Waals surface area contributed by atoms with Crippen molar-refractivity contribution in [1.29, 1.82) is 0 Å². The van der Waals surface area contributed by atoms with E-state index < -0.39 is 34.4 Å². The van der Waals surface area contributed by atoms with Crippen molar-refractivity contribution in [3.8, 4) is 0 Å². The molecule has 0 radical (unpaired) electrons. The van der Waals surface area contributed by atoms with Crippen LogP contribution in [0.5, 0.6) is 0 Å². The molecule has 1 unspecified atom stereocenters. The SMILES string of the molecule is COCC(CO)NS(=O)(=O)CC(=O)OC. The summed E-state index contributed by atoms with van der Waals surface area (Å²) in [5, 5.41) is 8.79. The molecule has 1 atom stereocenters. The number of carbonyl (C=O) groups is 1. The number of nitrogens with one attached hydrogen (secondary N) is 1. The standard InChI is InChI=1S/C7H15NO6S/c1-13-4-6(3-9)8-15(11,12)5-7(10)14-2/h6,8-9H,3-5H2,1-2H3. The van der Waals surface area contributed by atoms with E-state index in [2.05, 4.69) is 14.2 Å². The van der Waals surface area contributed by atoms with Gasteiger partial charge in [-0.1, -0.05) is 0 Å². The lowest BCUT2D eigenvalue weighted by Crippen LogP contribution is -2.43. The second kappa shape index (κ2) is 6.72. The molecule has 0 rings (SSSR count). The van der Waals surface area contributed by atoms with Crippen LogP contribution in [0, 0.1) is 0 Å². The van der Waals surface area contributed by atoms with Crippen LogP contribution >= 0.6 is 0 Å². The van der Waals surface area contributed by atoms with Crippen LogP contribution in [-0.2, 0) is 24.3 Å². The van der Waals surface area contributed by atoms with Gasteiger partial charge < -0.3 is 14.6 Å². The van der Waals surface area contributed by atoms with E-state index in [1.54, 1.807) is 0 Å². The fraction of sp³-hybridized carbons (Fsp3) is 0.857. The number of hydrogen-bond donors (Lipinski definition) is 2. The molecule has 7 nitrogen and oxygen atoms in total. The van der Waals surface area contributed by atoms with Gasteiger partial charge in [0.1, 0.15) is 0 Å². The first-order valence-corrected chi connectivity index (χ1v) is 5.77. The second-order valence-corrected chi connectivity index (χ2v) is 4.54. The van der Waals surface area contributed by atoms with Gasteiger partial charge in [0, 0.05) is 7.11 Å². The smallest absolute Gasteiger partial charge is 0.322 e. The molecular weight excluding hydrogens is 226 g/mol. The first-order valence-electron chi connectivity index (χ1n) is 4.11. The van der Waals surface area contributed by atoms with E-state index in [1.165, 1.54) is 7.11 Å². The number of methoxy groups -OCH3 is 2. The maximum atomic E-state index is 11.3. The van der Waals surface area contributed by atoms with Crippen LogP contribution in [-0.4, -0.2) is 58.7 Å². The minimum atomic E-state index is -3.79. The summed E-state index contributed by atoms with van der Waals surface area (Å²) >= 11 is 0. The summed E-state index contributed by atoms with van der Waals surface area (Å²) in [5.41, 5.74) is 0. The largest absolute Gasteiger partial charge is 0.468 e. The highest BCUT2D eigenvalue weighted by Gasteiger charge is 2.21. The van der Waals surface area contributed by atoms with Crippen molar-refractivity contribution in [3.63, 3.8) is 0 Å². The zero-order valence-electron chi connectivity index (χ0n) is 8.60. The highest BCUT2D eigenvalue weighted by Crippen LogP contribution is 1.92. The summed E-state index contributed by atoms with van der Waals surface area (Å²) < 4.78 is 33.5. The monoisotopic (exact) mass is 241 g/mol. The summed E-state index contributed by atoms with van der Waals surface area (Å²) in [5.74, 6) is -1.64. The molecule has 0 aromatic rings. The lowest BCUT2D eigenvalue weighted by Gasteiger charge is -2.14. The van der Waals surface area contributed by atoms with E-state index in [-0.39, 0.29) is 6.61 Å². The molecule has 0 aromatic heterocycles. The van der Waals surface area contributed by atoms with Crippen molar-refractivity contribution in [2.24, 2.45) is 0 Å². The number of carbonyl (C=O) groups excluding carboxylic acids is 1. The third-order valence-electron chi connectivity index (χ3n) is 1.47. The lowest BCUT2D eigenvalue weighted by molar-refractivity contribution is -0.137. The van der Waals surface area contributed by atoms with Crippen molar-refractivity contribution in [2.75, 3.05) is 33.2 Å². The molecule has 8 heteroatoms. The Balaban J connectivity index is 4.28. The Morgan fingerprint density at radius 2 is 2.07 bits per heavy atom. The van der Waals surface area contributed by atoms with E-state index in [9.17, 15) is 13.2 Å². The summed E-state index contributed by atoms with van der Waals surface area (Å²) in [7, 11) is -1.32. The summed E-state index contributed by atoms with van der Waals surface area (Å²) in [6.45, 7) is -0.384. The molecule has 0 fully saturated rings. The third kappa shape index (κ3) is 6.39. The molecule has 0 aromatic carbocycles. The summed E-state index contributed by atoms with van der Waals surface area (Å²) in [4.78, 5) is 10.7. The summed E-state index contributed by atoms with van der Waals surface area (Å²) in [6, 6.07) is -0.760. The summed E-state index contributed by atoms with van der Waals surface area (Å²) in [6.07, 6.45) is 0. The molecule has 0 heterocycles. The van der Waals surface area contributed by atoms with Crippen molar-refractivity contribution in [1.82, 2.24) is 4.72 Å². The lowest BCUT2D eigenvalue weighted by atomic mass is 10.4. The van der Waals surface area contributed by atoms with Crippen LogP contribution in [0.25, 0.3) is 0 Å². The number of sulfonamides is 1. The number of aliphatic hydroxyl groups is 1. The third-order valence-corrected chi connectivity index (χ3v) is 2.78. The Kier molecular flexibility index (Phi) is 6.41. The van der Waals surface area contributed by atoms with Gasteiger partial charge in [-0.15, -0.1) is 0 Å². The predicted molar refractivity (Wildman–Crippen MR) is 51.7 cm³/mol. The Morgan fingerprint density at radius 1 is 1.47 bits per heavy atom. The maximum absolute atomic E-state index is 11.3. The minimum Gasteiger partial charge on any atom is -0.468 e. The zero-order chi connectivity index (χ0) is 11.9. The predicted octanol–water partition coefficient (Wildman–Crippen LogP) is -1.91. The van der Waals surface area contributed by atoms with Gasteiger partial charge in [0.05, 0.1) is 26.4 Å². The van der Waals surface area contributed by atoms with Gasteiger partial charge >= 0.3 is 5.97 Å². The van der Waals surface area contributed by atoms with Crippen molar-refractivity contribution >= 4 is 16.0 Å². The molecule has 0 saturated carbocycles. The molecule has 0 aliphatic carbocycles. The van der Waals surface area contributed by atoms with E-state index in [0.29, 0.717) is 0 Å². The number of aliphatic hydroxyl groups excluding tert-OH is 1. The van der Waals surface area contributed by atoms with Crippen LogP contribution in [0.2, 0.25) is 0 Å². The normalized spacial score (nSPS) is 13.5. The van der Waals surface area contributed by atoms with Gasteiger partial charge in [0.25, 0.3) is 0 Å². The Morgan fingerprint density at radius 3 is 2.47 bits per heavy atom. The van der Waals surface area contributed by atoms with Crippen LogP contribution in [0.15, 0.2) is 0 Å². The molecule has 0 aliphatic heterocycles. The van der Waals surface area contributed by atoms with E-state index in [1.807, 2.05) is 0 Å². The Bertz CT molecular complexity index is 288. The van der Waals surface area contributed by atoms with Crippen LogP contribution in [0.1, 0.15) is 0 Å². The molecule has 0 saturated heterocycles. The van der Waals surface area contributed by atoms with Crippen molar-refractivity contribution in [3.05, 3.63) is 0 Å². The van der Waals surface area contributed by atoms with Crippen molar-refractivity contribution < 1.29 is 27.8 Å². The van der Waals surface area contributed by atoms with E-state index in [4.69, 9.17) is 5.11 Å². The van der Waals surface area contributed by atoms with Gasteiger partial charge in [0.15, 0.2) is 5.75 Å². The Hall–Kier alpha value is -0.700. The molecular formula is C7H15NO6S. The Labute approximate surface area is 88.4 Å². The topological polar surface area (TPSA) is 102 Å². The average Bonchev–Trinajstić information content (AvgIpc) is 2.15. The zero-order valence-corrected chi connectivity index (χ0v) is 9.41. The number of esters is 1. The second-order valence-electron chi connectivity index (χ2n) is 2.79. The number of hydrogen-bond acceptors (Lipinski definition) is 6. The fourth-order valence-electron chi connectivity index (χ4n) is 0.835. The molecule has 0 amide bonds. The van der Waals surface area contributed by atoms with E-state index in [0.717, 1.165) is 7.11 Å². The van der Waals surface area contributed by atoms with Crippen LogP contribution < -0.4 is 4.72 Å². The van der Waals surface area contributed by atoms with Gasteiger partial charge in [-0.05, 0) is 0 Å². The highest BCUT2D eigenvalue weighted by atomic mass is 32.2. The van der Waals surface area contributed by atoms with Gasteiger partial charge in [-0.25, -0.2) is 13.1 Å². The first kappa shape index (κ1) is 14.3. The molecule has 0 spiro atoms. The average molecular weight is 241 g/mol. The quantitative estimate of drug-likeness (QED) is 0.504. The van der Waals surface area contributed by atoms with Crippen LogP contribution in [0.3, 0.4) is 0 Å². The van der Waals surface area contributed by atoms with Crippen LogP contribution in [0.4, 0.5) is 0 Å². The number of rotatable bonds is 7. The first-order chi connectivity index (χ1) is 6.95. The number of ether oxygens (including phenoxy) is 2. The van der Waals surface area contributed by atoms with Crippen molar-refractivity contribution in [2.45, 2.75) is 6.04 Å². The van der Waals surface area contributed by atoms with Gasteiger partial charge in [-0.2, -0.15) is 0 Å².